The molecule has 0 fully saturated rings. The molecule has 3 rings (SSSR count). The van der Waals surface area contributed by atoms with E-state index in [1.165, 1.54) is 10.8 Å². The molecule has 0 spiro atoms. The zero-order valence-corrected chi connectivity index (χ0v) is 12.1. The van der Waals surface area contributed by atoms with Crippen LogP contribution in [0.25, 0.3) is 10.8 Å². The predicted molar refractivity (Wildman–Crippen MR) is 85.9 cm³/mol. The van der Waals surface area contributed by atoms with Crippen LogP contribution in [0.15, 0.2) is 70.9 Å². The molecule has 0 radical (unpaired) electrons. The Morgan fingerprint density at radius 1 is 0.810 bits per heavy atom. The van der Waals surface area contributed by atoms with E-state index in [2.05, 4.69) is 28.4 Å². The molecule has 0 saturated heterocycles. The summed E-state index contributed by atoms with van der Waals surface area (Å²) in [6.45, 7) is 2.00. The highest BCUT2D eigenvalue weighted by molar-refractivity contribution is 5.85. The second kappa shape index (κ2) is 5.75. The van der Waals surface area contributed by atoms with Gasteiger partial charge in [0.2, 0.25) is 0 Å². The molecule has 0 bridgehead atoms. The number of hydrogen-bond acceptors (Lipinski definition) is 3. The third-order valence-electron chi connectivity index (χ3n) is 3.41. The van der Waals surface area contributed by atoms with Crippen molar-refractivity contribution >= 4 is 22.1 Å². The van der Waals surface area contributed by atoms with E-state index in [4.69, 9.17) is 4.74 Å². The van der Waals surface area contributed by atoms with Crippen molar-refractivity contribution in [3.63, 3.8) is 0 Å². The second-order valence-electron chi connectivity index (χ2n) is 4.88. The third kappa shape index (κ3) is 2.92. The van der Waals surface area contributed by atoms with Gasteiger partial charge in [0.15, 0.2) is 0 Å². The van der Waals surface area contributed by atoms with Crippen LogP contribution in [0.5, 0.6) is 5.75 Å². The first-order valence-corrected chi connectivity index (χ1v) is 6.81. The van der Waals surface area contributed by atoms with Crippen LogP contribution in [0.1, 0.15) is 5.56 Å². The number of ether oxygens (including phenoxy) is 1. The van der Waals surface area contributed by atoms with Gasteiger partial charge in [0.05, 0.1) is 18.5 Å². The number of nitrogens with zero attached hydrogens (tertiary/aromatic N) is 2. The number of methoxy groups -OCH3 is 1. The highest BCUT2D eigenvalue weighted by atomic mass is 16.5. The summed E-state index contributed by atoms with van der Waals surface area (Å²) in [5.41, 5.74) is 2.74. The highest BCUT2D eigenvalue weighted by Gasteiger charge is 1.99. The Labute approximate surface area is 123 Å². The zero-order valence-electron chi connectivity index (χ0n) is 12.1. The molecule has 0 unspecified atom stereocenters. The largest absolute Gasteiger partial charge is 0.497 e. The second-order valence-corrected chi connectivity index (χ2v) is 4.88. The van der Waals surface area contributed by atoms with Gasteiger partial charge >= 0.3 is 0 Å². The van der Waals surface area contributed by atoms with Crippen LogP contribution < -0.4 is 4.74 Å². The highest BCUT2D eigenvalue weighted by Crippen LogP contribution is 2.27. The average Bonchev–Trinajstić information content (AvgIpc) is 2.53. The molecule has 3 aromatic rings. The van der Waals surface area contributed by atoms with E-state index in [1.54, 1.807) is 7.11 Å². The fourth-order valence-electron chi connectivity index (χ4n) is 2.22. The van der Waals surface area contributed by atoms with E-state index in [9.17, 15) is 0 Å². The smallest absolute Gasteiger partial charge is 0.119 e. The van der Waals surface area contributed by atoms with Gasteiger partial charge in [-0.05, 0) is 53.6 Å². The normalized spacial score (nSPS) is 11.1. The minimum absolute atomic E-state index is 0.831. The lowest BCUT2D eigenvalue weighted by atomic mass is 10.1. The maximum atomic E-state index is 5.19. The Balaban J connectivity index is 1.90. The van der Waals surface area contributed by atoms with Crippen LogP contribution in [-0.4, -0.2) is 7.11 Å². The summed E-state index contributed by atoms with van der Waals surface area (Å²) in [7, 11) is 1.66. The predicted octanol–water partition coefficient (Wildman–Crippen LogP) is 5.57. The number of aryl methyl sites for hydroxylation is 1. The molecule has 3 nitrogen and oxygen atoms in total. The van der Waals surface area contributed by atoms with E-state index < -0.39 is 0 Å². The van der Waals surface area contributed by atoms with E-state index in [0.717, 1.165) is 22.7 Å². The monoisotopic (exact) mass is 276 g/mol. The van der Waals surface area contributed by atoms with Gasteiger partial charge in [-0.3, -0.25) is 0 Å². The SMILES string of the molecule is COc1ccc(N=Nc2ccc3ccccc3c2)c(C)c1. The quantitative estimate of drug-likeness (QED) is 0.575. The lowest BCUT2D eigenvalue weighted by molar-refractivity contribution is 0.414. The first kappa shape index (κ1) is 13.3. The van der Waals surface area contributed by atoms with Crippen LogP contribution in [0, 0.1) is 6.92 Å². The van der Waals surface area contributed by atoms with Crippen LogP contribution in [-0.2, 0) is 0 Å². The lowest BCUT2D eigenvalue weighted by Crippen LogP contribution is -1.83. The first-order valence-electron chi connectivity index (χ1n) is 6.81. The minimum Gasteiger partial charge on any atom is -0.497 e. The van der Waals surface area contributed by atoms with Gasteiger partial charge in [0, 0.05) is 0 Å². The number of rotatable bonds is 3. The molecule has 21 heavy (non-hydrogen) atoms. The maximum absolute atomic E-state index is 5.19. The lowest BCUT2D eigenvalue weighted by Gasteiger charge is -2.03. The number of azo groups is 1. The fourth-order valence-corrected chi connectivity index (χ4v) is 2.22. The van der Waals surface area contributed by atoms with Crippen LogP contribution in [0.4, 0.5) is 11.4 Å². The van der Waals surface area contributed by atoms with E-state index in [-0.39, 0.29) is 0 Å². The summed E-state index contributed by atoms with van der Waals surface area (Å²) in [5.74, 6) is 0.831. The molecule has 0 atom stereocenters. The summed E-state index contributed by atoms with van der Waals surface area (Å²) in [4.78, 5) is 0. The summed E-state index contributed by atoms with van der Waals surface area (Å²) in [6, 6.07) is 20.1. The maximum Gasteiger partial charge on any atom is 0.119 e. The molecule has 3 heteroatoms. The Morgan fingerprint density at radius 2 is 1.62 bits per heavy atom. The minimum atomic E-state index is 0.831. The standard InChI is InChI=1S/C18H16N2O/c1-13-11-17(21-2)9-10-18(13)20-19-16-8-7-14-5-3-4-6-15(14)12-16/h3-12H,1-2H3. The number of benzene rings is 3. The van der Waals surface area contributed by atoms with Crippen LogP contribution in [0.2, 0.25) is 0 Å². The summed E-state index contributed by atoms with van der Waals surface area (Å²) >= 11 is 0. The van der Waals surface area contributed by atoms with E-state index >= 15 is 0 Å². The summed E-state index contributed by atoms with van der Waals surface area (Å²) in [6.07, 6.45) is 0. The third-order valence-corrected chi connectivity index (χ3v) is 3.41. The van der Waals surface area contributed by atoms with Crippen LogP contribution in [0.3, 0.4) is 0 Å². The molecule has 0 heterocycles. The van der Waals surface area contributed by atoms with E-state index in [0.29, 0.717) is 0 Å². The summed E-state index contributed by atoms with van der Waals surface area (Å²) < 4.78 is 5.19. The molecule has 0 amide bonds. The molecule has 0 aliphatic carbocycles. The first-order chi connectivity index (χ1) is 10.3. The summed E-state index contributed by atoms with van der Waals surface area (Å²) in [5, 5.41) is 11.0. The fraction of sp³-hybridized carbons (Fsp3) is 0.111. The van der Waals surface area contributed by atoms with Crippen molar-refractivity contribution in [1.29, 1.82) is 0 Å². The molecule has 3 aromatic carbocycles. The molecule has 0 aromatic heterocycles. The Hall–Kier alpha value is -2.68. The molecule has 0 aliphatic heterocycles. The molecular weight excluding hydrogens is 260 g/mol. The van der Waals surface area contributed by atoms with Crippen molar-refractivity contribution < 1.29 is 4.74 Å². The van der Waals surface area contributed by atoms with Crippen molar-refractivity contribution in [3.8, 4) is 5.75 Å². The topological polar surface area (TPSA) is 34.0 Å². The van der Waals surface area contributed by atoms with Crippen molar-refractivity contribution in [2.24, 2.45) is 10.2 Å². The molecule has 0 aliphatic rings. The van der Waals surface area contributed by atoms with E-state index in [1.807, 2.05) is 49.4 Å². The van der Waals surface area contributed by atoms with Gasteiger partial charge in [-0.15, -0.1) is 0 Å². The van der Waals surface area contributed by atoms with Crippen molar-refractivity contribution in [2.45, 2.75) is 6.92 Å². The number of hydrogen-bond donors (Lipinski definition) is 0. The van der Waals surface area contributed by atoms with Gasteiger partial charge in [-0.1, -0.05) is 30.3 Å². The average molecular weight is 276 g/mol. The van der Waals surface area contributed by atoms with Gasteiger partial charge < -0.3 is 4.74 Å². The number of fused-ring (bicyclic) bond motifs is 1. The Kier molecular flexibility index (Phi) is 3.65. The van der Waals surface area contributed by atoms with Crippen molar-refractivity contribution in [1.82, 2.24) is 0 Å². The van der Waals surface area contributed by atoms with Gasteiger partial charge in [-0.2, -0.15) is 10.2 Å². The van der Waals surface area contributed by atoms with Gasteiger partial charge in [-0.25, -0.2) is 0 Å². The molecule has 104 valence electrons. The van der Waals surface area contributed by atoms with Gasteiger partial charge in [0.1, 0.15) is 5.75 Å². The van der Waals surface area contributed by atoms with Crippen molar-refractivity contribution in [3.05, 3.63) is 66.2 Å². The molecular formula is C18H16N2O. The molecule has 0 saturated carbocycles. The van der Waals surface area contributed by atoms with Crippen LogP contribution >= 0.6 is 0 Å². The Morgan fingerprint density at radius 3 is 2.38 bits per heavy atom. The van der Waals surface area contributed by atoms with Gasteiger partial charge in [0.25, 0.3) is 0 Å². The zero-order chi connectivity index (χ0) is 14.7. The molecule has 0 N–H and O–H groups in total. The Bertz CT molecular complexity index is 809. The van der Waals surface area contributed by atoms with Crippen molar-refractivity contribution in [2.75, 3.05) is 7.11 Å².